The molecule has 0 bridgehead atoms. The number of ether oxygens (including phenoxy) is 1. The molecule has 1 heterocycles. The predicted octanol–water partition coefficient (Wildman–Crippen LogP) is 2.56. The lowest BCUT2D eigenvalue weighted by Gasteiger charge is -2.23. The number of para-hydroxylation sites is 1. The van der Waals surface area contributed by atoms with Gasteiger partial charge in [-0.15, -0.1) is 0 Å². The van der Waals surface area contributed by atoms with Crippen LogP contribution in [0, 0.1) is 5.92 Å². The number of ketones is 1. The number of rotatable bonds is 8. The van der Waals surface area contributed by atoms with Crippen LogP contribution < -0.4 is 16.0 Å². The van der Waals surface area contributed by atoms with Crippen LogP contribution in [0.2, 0.25) is 0 Å². The van der Waals surface area contributed by atoms with E-state index in [1.807, 2.05) is 32.0 Å². The average Bonchev–Trinajstić information content (AvgIpc) is 3.11. The minimum Gasteiger partial charge on any atom is -0.368 e. The molecule has 1 aliphatic rings. The second-order valence-electron chi connectivity index (χ2n) is 8.52. The van der Waals surface area contributed by atoms with Gasteiger partial charge in [0.2, 0.25) is 5.91 Å². The van der Waals surface area contributed by atoms with E-state index in [0.717, 1.165) is 0 Å². The summed E-state index contributed by atoms with van der Waals surface area (Å²) in [6.07, 6.45) is -0.00269. The topological polar surface area (TPSA) is 114 Å². The van der Waals surface area contributed by atoms with Crippen molar-refractivity contribution in [3.63, 3.8) is 0 Å². The van der Waals surface area contributed by atoms with Gasteiger partial charge in [-0.25, -0.2) is 0 Å². The molecule has 1 unspecified atom stereocenters. The van der Waals surface area contributed by atoms with Gasteiger partial charge in [-0.3, -0.25) is 19.2 Å². The summed E-state index contributed by atoms with van der Waals surface area (Å²) in [6, 6.07) is 13.7. The van der Waals surface area contributed by atoms with E-state index in [-0.39, 0.29) is 24.2 Å². The Labute approximate surface area is 193 Å². The molecule has 3 amide bonds. The van der Waals surface area contributed by atoms with E-state index in [0.29, 0.717) is 23.2 Å². The molecule has 3 rings (SSSR count). The van der Waals surface area contributed by atoms with Gasteiger partial charge in [0.05, 0.1) is 6.10 Å². The molecule has 0 spiro atoms. The van der Waals surface area contributed by atoms with E-state index in [4.69, 9.17) is 4.74 Å². The fraction of sp³-hybridized carbons (Fsp3) is 0.360. The second kappa shape index (κ2) is 10.9. The van der Waals surface area contributed by atoms with Crippen molar-refractivity contribution >= 4 is 29.2 Å². The number of carbonyl (C=O) groups is 4. The first-order valence-corrected chi connectivity index (χ1v) is 11.0. The van der Waals surface area contributed by atoms with E-state index in [1.165, 1.54) is 12.1 Å². The van der Waals surface area contributed by atoms with Gasteiger partial charge in [0, 0.05) is 16.8 Å². The molecule has 8 nitrogen and oxygen atoms in total. The highest BCUT2D eigenvalue weighted by atomic mass is 16.5. The molecular weight excluding hydrogens is 422 g/mol. The van der Waals surface area contributed by atoms with E-state index >= 15 is 0 Å². The van der Waals surface area contributed by atoms with Gasteiger partial charge in [0.15, 0.2) is 5.78 Å². The third kappa shape index (κ3) is 6.49. The maximum atomic E-state index is 12.8. The number of amides is 3. The second-order valence-corrected chi connectivity index (χ2v) is 8.52. The minimum atomic E-state index is -0.806. The Balaban J connectivity index is 1.64. The summed E-state index contributed by atoms with van der Waals surface area (Å²) >= 11 is 0. The summed E-state index contributed by atoms with van der Waals surface area (Å²) in [5.41, 5.74) is 1.40. The Bertz CT molecular complexity index is 1000. The average molecular weight is 452 g/mol. The first-order valence-electron chi connectivity index (χ1n) is 11.0. The first-order chi connectivity index (χ1) is 15.7. The first kappa shape index (κ1) is 24.1. The summed E-state index contributed by atoms with van der Waals surface area (Å²) in [7, 11) is 0. The Hall–Kier alpha value is -3.52. The van der Waals surface area contributed by atoms with E-state index in [9.17, 15) is 19.2 Å². The van der Waals surface area contributed by atoms with Crippen molar-refractivity contribution in [2.24, 2.45) is 5.92 Å². The van der Waals surface area contributed by atoms with Gasteiger partial charge >= 0.3 is 0 Å². The molecule has 1 saturated heterocycles. The quantitative estimate of drug-likeness (QED) is 0.571. The highest BCUT2D eigenvalue weighted by Gasteiger charge is 2.35. The lowest BCUT2D eigenvalue weighted by atomic mass is 10.0. The number of Topliss-reactive ketones (excluding diaryl/α,β-unsaturated/α-hetero) is 1. The van der Waals surface area contributed by atoms with Gasteiger partial charge < -0.3 is 20.7 Å². The van der Waals surface area contributed by atoms with Crippen molar-refractivity contribution in [1.82, 2.24) is 10.6 Å². The number of hydrogen-bond donors (Lipinski definition) is 3. The molecule has 1 aliphatic heterocycles. The molecule has 2 aromatic carbocycles. The zero-order valence-corrected chi connectivity index (χ0v) is 19.0. The Morgan fingerprint density at radius 3 is 2.12 bits per heavy atom. The van der Waals surface area contributed by atoms with Crippen molar-refractivity contribution in [3.05, 3.63) is 65.7 Å². The van der Waals surface area contributed by atoms with Crippen LogP contribution >= 0.6 is 0 Å². The molecule has 0 saturated carbocycles. The molecule has 3 atom stereocenters. The Morgan fingerprint density at radius 1 is 0.970 bits per heavy atom. The summed E-state index contributed by atoms with van der Waals surface area (Å²) in [5.74, 6) is -1.20. The molecule has 0 aromatic heterocycles. The molecule has 2 aromatic rings. The molecule has 0 radical (unpaired) electrons. The molecule has 1 fully saturated rings. The van der Waals surface area contributed by atoms with Crippen LogP contribution in [0.3, 0.4) is 0 Å². The van der Waals surface area contributed by atoms with Gasteiger partial charge in [-0.05, 0) is 55.7 Å². The van der Waals surface area contributed by atoms with Gasteiger partial charge in [0.25, 0.3) is 11.8 Å². The number of anilines is 1. The highest BCUT2D eigenvalue weighted by molar-refractivity contribution is 6.05. The fourth-order valence-corrected chi connectivity index (χ4v) is 3.56. The zero-order valence-electron chi connectivity index (χ0n) is 19.0. The lowest BCUT2D eigenvalue weighted by molar-refractivity contribution is -0.127. The van der Waals surface area contributed by atoms with E-state index in [1.54, 1.807) is 31.2 Å². The number of carbonyl (C=O) groups excluding carboxylic acids is 4. The molecule has 3 N–H and O–H groups in total. The smallest absolute Gasteiger partial charge is 0.255 e. The van der Waals surface area contributed by atoms with Crippen LogP contribution in [0.5, 0.6) is 0 Å². The van der Waals surface area contributed by atoms with Crippen molar-refractivity contribution < 1.29 is 23.9 Å². The SMILES string of the molecule is CC(C)CC(NC(=O)c1ccc(C(=O)Nc2ccccc2)cc1)C(=O)N[C@@H]1C(=O)CO[C@@H]1C. The summed E-state index contributed by atoms with van der Waals surface area (Å²) < 4.78 is 5.27. The van der Waals surface area contributed by atoms with Crippen LogP contribution in [-0.4, -0.2) is 48.3 Å². The van der Waals surface area contributed by atoms with Crippen LogP contribution in [0.4, 0.5) is 5.69 Å². The summed E-state index contributed by atoms with van der Waals surface area (Å²) in [5, 5.41) is 8.25. The molecule has 8 heteroatoms. The minimum absolute atomic E-state index is 0.0302. The normalized spacial score (nSPS) is 18.6. The largest absolute Gasteiger partial charge is 0.368 e. The molecule has 33 heavy (non-hydrogen) atoms. The summed E-state index contributed by atoms with van der Waals surface area (Å²) in [4.78, 5) is 50.0. The monoisotopic (exact) mass is 451 g/mol. The zero-order chi connectivity index (χ0) is 24.0. The fourth-order valence-electron chi connectivity index (χ4n) is 3.56. The molecule has 0 aliphatic carbocycles. The number of benzene rings is 2. The summed E-state index contributed by atoms with van der Waals surface area (Å²) in [6.45, 7) is 5.58. The Morgan fingerprint density at radius 2 is 1.58 bits per heavy atom. The lowest BCUT2D eigenvalue weighted by Crippen LogP contribution is -2.53. The maximum Gasteiger partial charge on any atom is 0.255 e. The van der Waals surface area contributed by atoms with Crippen molar-refractivity contribution in [1.29, 1.82) is 0 Å². The maximum absolute atomic E-state index is 12.8. The Kier molecular flexibility index (Phi) is 7.95. The van der Waals surface area contributed by atoms with E-state index in [2.05, 4.69) is 16.0 Å². The number of nitrogens with one attached hydrogen (secondary N) is 3. The van der Waals surface area contributed by atoms with Crippen LogP contribution in [-0.2, 0) is 14.3 Å². The van der Waals surface area contributed by atoms with Crippen LogP contribution in [0.25, 0.3) is 0 Å². The van der Waals surface area contributed by atoms with Crippen LogP contribution in [0.15, 0.2) is 54.6 Å². The third-order valence-electron chi connectivity index (χ3n) is 5.37. The molecular formula is C25H29N3O5. The van der Waals surface area contributed by atoms with Gasteiger partial charge in [-0.1, -0.05) is 32.0 Å². The van der Waals surface area contributed by atoms with Crippen molar-refractivity contribution in [2.45, 2.75) is 45.4 Å². The molecule has 174 valence electrons. The van der Waals surface area contributed by atoms with Crippen molar-refractivity contribution in [3.8, 4) is 0 Å². The van der Waals surface area contributed by atoms with Gasteiger partial charge in [0.1, 0.15) is 18.7 Å². The highest BCUT2D eigenvalue weighted by Crippen LogP contribution is 2.13. The van der Waals surface area contributed by atoms with E-state index < -0.39 is 30.0 Å². The van der Waals surface area contributed by atoms with Gasteiger partial charge in [-0.2, -0.15) is 0 Å². The standard InChI is InChI=1S/C25H29N3O5/c1-15(2)13-20(25(32)28-22-16(3)33-14-21(22)29)27-24(31)18-11-9-17(10-12-18)23(30)26-19-7-5-4-6-8-19/h4-12,15-16,20,22H,13-14H2,1-3H3,(H,26,30)(H,27,31)(H,28,32)/t16-,20?,22+/m1/s1. The predicted molar refractivity (Wildman–Crippen MR) is 124 cm³/mol. The number of hydrogen-bond acceptors (Lipinski definition) is 5. The van der Waals surface area contributed by atoms with Crippen LogP contribution in [0.1, 0.15) is 47.9 Å². The van der Waals surface area contributed by atoms with Crippen molar-refractivity contribution in [2.75, 3.05) is 11.9 Å². The third-order valence-corrected chi connectivity index (χ3v) is 5.37.